The zero-order chi connectivity index (χ0) is 11.2. The Kier molecular flexibility index (Phi) is 1.97. The van der Waals surface area contributed by atoms with E-state index in [0.717, 1.165) is 30.5 Å². The van der Waals surface area contributed by atoms with Crippen LogP contribution in [0.15, 0.2) is 6.20 Å². The molecule has 84 valence electrons. The highest BCUT2D eigenvalue weighted by Crippen LogP contribution is 2.49. The number of hydrogen-bond donors (Lipinski definition) is 0. The van der Waals surface area contributed by atoms with Gasteiger partial charge in [0.1, 0.15) is 5.60 Å². The standard InChI is InChI=1S/C11H12N2O3/c1-15-10(14)9-12-5-7-6-16-11(3-2-4-11)8(7)13-9/h5H,2-4,6H2,1H3. The van der Waals surface area contributed by atoms with Crippen LogP contribution in [0, 0.1) is 0 Å². The molecule has 1 fully saturated rings. The van der Waals surface area contributed by atoms with E-state index in [1.807, 2.05) is 0 Å². The largest absolute Gasteiger partial charge is 0.463 e. The van der Waals surface area contributed by atoms with Crippen molar-refractivity contribution in [1.82, 2.24) is 9.97 Å². The Morgan fingerprint density at radius 3 is 3.00 bits per heavy atom. The Morgan fingerprint density at radius 1 is 1.56 bits per heavy atom. The van der Waals surface area contributed by atoms with Crippen LogP contribution in [0.4, 0.5) is 0 Å². The molecule has 0 amide bonds. The summed E-state index contributed by atoms with van der Waals surface area (Å²) in [6.45, 7) is 0.552. The second kappa shape index (κ2) is 3.25. The average molecular weight is 220 g/mol. The third kappa shape index (κ3) is 1.18. The van der Waals surface area contributed by atoms with Crippen molar-refractivity contribution < 1.29 is 14.3 Å². The van der Waals surface area contributed by atoms with Crippen LogP contribution in [0.3, 0.4) is 0 Å². The molecule has 16 heavy (non-hydrogen) atoms. The van der Waals surface area contributed by atoms with Crippen molar-refractivity contribution in [3.63, 3.8) is 0 Å². The third-order valence-corrected chi connectivity index (χ3v) is 3.33. The van der Waals surface area contributed by atoms with Gasteiger partial charge >= 0.3 is 5.97 Å². The Labute approximate surface area is 92.8 Å². The van der Waals surface area contributed by atoms with Gasteiger partial charge in [-0.15, -0.1) is 0 Å². The number of esters is 1. The SMILES string of the molecule is COC(=O)c1ncc2c(n1)C1(CCC1)OC2. The van der Waals surface area contributed by atoms with Gasteiger partial charge in [-0.05, 0) is 19.3 Å². The Bertz CT molecular complexity index is 455. The monoisotopic (exact) mass is 220 g/mol. The summed E-state index contributed by atoms with van der Waals surface area (Å²) < 4.78 is 10.4. The molecule has 0 atom stereocenters. The van der Waals surface area contributed by atoms with Crippen LogP contribution in [0.2, 0.25) is 0 Å². The molecule has 3 rings (SSSR count). The average Bonchev–Trinajstić information content (AvgIpc) is 2.66. The molecule has 1 aromatic heterocycles. The Morgan fingerprint density at radius 2 is 2.38 bits per heavy atom. The first-order valence-corrected chi connectivity index (χ1v) is 5.34. The number of methoxy groups -OCH3 is 1. The minimum absolute atomic E-state index is 0.123. The molecule has 1 aliphatic heterocycles. The molecule has 1 aliphatic carbocycles. The highest BCUT2D eigenvalue weighted by Gasteiger charge is 2.47. The van der Waals surface area contributed by atoms with E-state index in [-0.39, 0.29) is 11.4 Å². The van der Waals surface area contributed by atoms with E-state index in [1.54, 1.807) is 6.20 Å². The number of fused-ring (bicyclic) bond motifs is 2. The molecule has 2 aliphatic rings. The fourth-order valence-electron chi connectivity index (χ4n) is 2.26. The van der Waals surface area contributed by atoms with Crippen LogP contribution in [0.25, 0.3) is 0 Å². The van der Waals surface area contributed by atoms with E-state index >= 15 is 0 Å². The van der Waals surface area contributed by atoms with Crippen molar-refractivity contribution in [2.75, 3.05) is 7.11 Å². The second-order valence-electron chi connectivity index (χ2n) is 4.20. The van der Waals surface area contributed by atoms with Crippen molar-refractivity contribution >= 4 is 5.97 Å². The van der Waals surface area contributed by atoms with Gasteiger partial charge in [0.25, 0.3) is 0 Å². The van der Waals surface area contributed by atoms with Crippen molar-refractivity contribution in [1.29, 1.82) is 0 Å². The topological polar surface area (TPSA) is 61.3 Å². The van der Waals surface area contributed by atoms with Crippen LogP contribution in [-0.4, -0.2) is 23.0 Å². The molecule has 0 unspecified atom stereocenters. The Balaban J connectivity index is 2.03. The van der Waals surface area contributed by atoms with Gasteiger partial charge in [-0.3, -0.25) is 0 Å². The number of nitrogens with zero attached hydrogens (tertiary/aromatic N) is 2. The predicted molar refractivity (Wildman–Crippen MR) is 53.7 cm³/mol. The van der Waals surface area contributed by atoms with Gasteiger partial charge in [-0.2, -0.15) is 0 Å². The highest BCUT2D eigenvalue weighted by molar-refractivity contribution is 5.85. The smallest absolute Gasteiger partial charge is 0.376 e. The fourth-order valence-corrected chi connectivity index (χ4v) is 2.26. The summed E-state index contributed by atoms with van der Waals surface area (Å²) in [4.78, 5) is 19.6. The fraction of sp³-hybridized carbons (Fsp3) is 0.545. The number of carbonyl (C=O) groups is 1. The quantitative estimate of drug-likeness (QED) is 0.665. The molecule has 2 heterocycles. The molecule has 0 aromatic carbocycles. The van der Waals surface area contributed by atoms with Gasteiger partial charge in [0.2, 0.25) is 5.82 Å². The van der Waals surface area contributed by atoms with Crippen molar-refractivity contribution in [3.05, 3.63) is 23.3 Å². The summed E-state index contributed by atoms with van der Waals surface area (Å²) in [5.74, 6) is -0.373. The van der Waals surface area contributed by atoms with E-state index in [2.05, 4.69) is 14.7 Å². The molecule has 1 saturated carbocycles. The molecule has 1 spiro atoms. The van der Waals surface area contributed by atoms with Gasteiger partial charge < -0.3 is 9.47 Å². The maximum Gasteiger partial charge on any atom is 0.376 e. The molecule has 0 saturated heterocycles. The lowest BCUT2D eigenvalue weighted by Crippen LogP contribution is -2.34. The van der Waals surface area contributed by atoms with Crippen molar-refractivity contribution in [3.8, 4) is 0 Å². The van der Waals surface area contributed by atoms with Crippen LogP contribution < -0.4 is 0 Å². The first-order valence-electron chi connectivity index (χ1n) is 5.34. The lowest BCUT2D eigenvalue weighted by atomic mass is 9.77. The highest BCUT2D eigenvalue weighted by atomic mass is 16.5. The predicted octanol–water partition coefficient (Wildman–Crippen LogP) is 1.17. The minimum Gasteiger partial charge on any atom is -0.463 e. The third-order valence-electron chi connectivity index (χ3n) is 3.33. The number of carbonyl (C=O) groups excluding carboxylic acids is 1. The molecular formula is C11H12N2O3. The van der Waals surface area contributed by atoms with Crippen molar-refractivity contribution in [2.24, 2.45) is 0 Å². The lowest BCUT2D eigenvalue weighted by molar-refractivity contribution is -0.0966. The van der Waals surface area contributed by atoms with Gasteiger partial charge in [-0.25, -0.2) is 14.8 Å². The number of ether oxygens (including phenoxy) is 2. The van der Waals surface area contributed by atoms with Crippen LogP contribution in [0.5, 0.6) is 0 Å². The summed E-state index contributed by atoms with van der Waals surface area (Å²) in [6, 6.07) is 0. The van der Waals surface area contributed by atoms with Gasteiger partial charge in [0.05, 0.1) is 19.4 Å². The number of hydrogen-bond acceptors (Lipinski definition) is 5. The molecule has 5 heteroatoms. The van der Waals surface area contributed by atoms with Crippen LogP contribution in [0.1, 0.15) is 41.1 Å². The maximum atomic E-state index is 11.3. The Hall–Kier alpha value is -1.49. The molecule has 0 N–H and O–H groups in total. The summed E-state index contributed by atoms with van der Waals surface area (Å²) in [5, 5.41) is 0. The molecule has 1 aromatic rings. The van der Waals surface area contributed by atoms with E-state index in [1.165, 1.54) is 7.11 Å². The summed E-state index contributed by atoms with van der Waals surface area (Å²) in [7, 11) is 1.33. The van der Waals surface area contributed by atoms with E-state index in [0.29, 0.717) is 6.61 Å². The normalized spacial score (nSPS) is 20.3. The lowest BCUT2D eigenvalue weighted by Gasteiger charge is -2.36. The first kappa shape index (κ1) is 9.72. The van der Waals surface area contributed by atoms with E-state index in [4.69, 9.17) is 4.74 Å². The second-order valence-corrected chi connectivity index (χ2v) is 4.20. The molecule has 5 nitrogen and oxygen atoms in total. The van der Waals surface area contributed by atoms with E-state index < -0.39 is 5.97 Å². The van der Waals surface area contributed by atoms with Crippen LogP contribution in [-0.2, 0) is 21.7 Å². The molecular weight excluding hydrogens is 208 g/mol. The van der Waals surface area contributed by atoms with Crippen molar-refractivity contribution in [2.45, 2.75) is 31.5 Å². The minimum atomic E-state index is -0.496. The number of aromatic nitrogens is 2. The zero-order valence-electron chi connectivity index (χ0n) is 9.02. The van der Waals surface area contributed by atoms with Gasteiger partial charge in [0, 0.05) is 11.8 Å². The summed E-state index contributed by atoms with van der Waals surface area (Å²) >= 11 is 0. The molecule has 0 radical (unpaired) electrons. The zero-order valence-corrected chi connectivity index (χ0v) is 9.02. The maximum absolute atomic E-state index is 11.3. The first-order chi connectivity index (χ1) is 7.75. The van der Waals surface area contributed by atoms with Gasteiger partial charge in [-0.1, -0.05) is 0 Å². The van der Waals surface area contributed by atoms with Gasteiger partial charge in [0.15, 0.2) is 0 Å². The summed E-state index contributed by atoms with van der Waals surface area (Å²) in [5.41, 5.74) is 1.64. The molecule has 0 bridgehead atoms. The summed E-state index contributed by atoms with van der Waals surface area (Å²) in [6.07, 6.45) is 4.79. The number of rotatable bonds is 1. The van der Waals surface area contributed by atoms with Crippen LogP contribution >= 0.6 is 0 Å². The van der Waals surface area contributed by atoms with E-state index in [9.17, 15) is 4.79 Å².